The van der Waals surface area contributed by atoms with Gasteiger partial charge in [0.15, 0.2) is 0 Å². The van der Waals surface area contributed by atoms with E-state index in [0.717, 1.165) is 19.6 Å². The Hall–Kier alpha value is -1.92. The van der Waals surface area contributed by atoms with Gasteiger partial charge in [-0.2, -0.15) is 0 Å². The SMILES string of the molecule is CC(=O)N1CCOCC1C(=O)N1CCN(Cc2ccccc2C)CC1. The normalized spacial score (nSPS) is 22.1. The van der Waals surface area contributed by atoms with Gasteiger partial charge < -0.3 is 14.5 Å². The van der Waals surface area contributed by atoms with Crippen LogP contribution in [0.1, 0.15) is 18.1 Å². The standard InChI is InChI=1S/C19H27N3O3/c1-15-5-3-4-6-17(15)13-20-7-9-21(10-8-20)19(24)18-14-25-12-11-22(18)16(2)23/h3-6,18H,7-14H2,1-2H3. The van der Waals surface area contributed by atoms with Crippen LogP contribution in [0.15, 0.2) is 24.3 Å². The largest absolute Gasteiger partial charge is 0.377 e. The van der Waals surface area contributed by atoms with Crippen molar-refractivity contribution in [1.82, 2.24) is 14.7 Å². The van der Waals surface area contributed by atoms with Gasteiger partial charge in [0.05, 0.1) is 13.2 Å². The number of carbonyl (C=O) groups excluding carboxylic acids is 2. The Morgan fingerprint density at radius 3 is 2.52 bits per heavy atom. The van der Waals surface area contributed by atoms with Gasteiger partial charge in [-0.25, -0.2) is 0 Å². The first-order valence-corrected chi connectivity index (χ1v) is 8.97. The fourth-order valence-corrected chi connectivity index (χ4v) is 3.55. The number of morpholine rings is 1. The summed E-state index contributed by atoms with van der Waals surface area (Å²) in [6.45, 7) is 9.00. The second-order valence-electron chi connectivity index (χ2n) is 6.83. The zero-order valence-electron chi connectivity index (χ0n) is 15.1. The number of amides is 2. The van der Waals surface area contributed by atoms with E-state index in [-0.39, 0.29) is 11.8 Å². The van der Waals surface area contributed by atoms with Crippen molar-refractivity contribution in [2.45, 2.75) is 26.4 Å². The molecule has 0 aliphatic carbocycles. The number of carbonyl (C=O) groups is 2. The maximum Gasteiger partial charge on any atom is 0.247 e. The molecule has 0 bridgehead atoms. The fraction of sp³-hybridized carbons (Fsp3) is 0.579. The second-order valence-corrected chi connectivity index (χ2v) is 6.83. The third kappa shape index (κ3) is 4.19. The maximum atomic E-state index is 12.8. The number of hydrogen-bond donors (Lipinski definition) is 0. The van der Waals surface area contributed by atoms with Crippen molar-refractivity contribution in [1.29, 1.82) is 0 Å². The number of piperazine rings is 1. The quantitative estimate of drug-likeness (QED) is 0.816. The van der Waals surface area contributed by atoms with Gasteiger partial charge in [-0.15, -0.1) is 0 Å². The molecule has 2 aliphatic heterocycles. The number of benzene rings is 1. The zero-order chi connectivity index (χ0) is 17.8. The second kappa shape index (κ2) is 7.97. The molecule has 0 aromatic heterocycles. The molecule has 2 amide bonds. The molecule has 6 heteroatoms. The van der Waals surface area contributed by atoms with E-state index in [2.05, 4.69) is 36.1 Å². The average molecular weight is 345 g/mol. The van der Waals surface area contributed by atoms with Crippen molar-refractivity contribution in [3.05, 3.63) is 35.4 Å². The van der Waals surface area contributed by atoms with Crippen LogP contribution in [-0.2, 0) is 20.9 Å². The topological polar surface area (TPSA) is 53.1 Å². The van der Waals surface area contributed by atoms with E-state index in [0.29, 0.717) is 32.8 Å². The summed E-state index contributed by atoms with van der Waals surface area (Å²) in [6.07, 6.45) is 0. The molecular weight excluding hydrogens is 318 g/mol. The first kappa shape index (κ1) is 17.9. The average Bonchev–Trinajstić information content (AvgIpc) is 2.63. The summed E-state index contributed by atoms with van der Waals surface area (Å²) in [4.78, 5) is 30.5. The van der Waals surface area contributed by atoms with Gasteiger partial charge in [-0.1, -0.05) is 24.3 Å². The predicted octanol–water partition coefficient (Wildman–Crippen LogP) is 0.887. The summed E-state index contributed by atoms with van der Waals surface area (Å²) >= 11 is 0. The van der Waals surface area contributed by atoms with E-state index in [4.69, 9.17) is 4.74 Å². The molecule has 2 fully saturated rings. The summed E-state index contributed by atoms with van der Waals surface area (Å²) < 4.78 is 5.44. The van der Waals surface area contributed by atoms with Gasteiger partial charge in [0.25, 0.3) is 0 Å². The number of rotatable bonds is 3. The highest BCUT2D eigenvalue weighted by molar-refractivity contribution is 5.87. The van der Waals surface area contributed by atoms with Crippen molar-refractivity contribution in [3.63, 3.8) is 0 Å². The molecule has 1 unspecified atom stereocenters. The highest BCUT2D eigenvalue weighted by Crippen LogP contribution is 2.15. The van der Waals surface area contributed by atoms with Gasteiger partial charge in [0.1, 0.15) is 6.04 Å². The van der Waals surface area contributed by atoms with Gasteiger partial charge in [-0.3, -0.25) is 14.5 Å². The molecule has 0 spiro atoms. The van der Waals surface area contributed by atoms with E-state index in [9.17, 15) is 9.59 Å². The highest BCUT2D eigenvalue weighted by Gasteiger charge is 2.35. The van der Waals surface area contributed by atoms with E-state index >= 15 is 0 Å². The summed E-state index contributed by atoms with van der Waals surface area (Å²) in [6, 6.07) is 7.96. The molecule has 0 radical (unpaired) electrons. The molecular formula is C19H27N3O3. The maximum absolute atomic E-state index is 12.8. The third-order valence-electron chi connectivity index (χ3n) is 5.16. The van der Waals surface area contributed by atoms with Crippen LogP contribution >= 0.6 is 0 Å². The molecule has 2 saturated heterocycles. The fourth-order valence-electron chi connectivity index (χ4n) is 3.55. The Morgan fingerprint density at radius 1 is 1.12 bits per heavy atom. The summed E-state index contributed by atoms with van der Waals surface area (Å²) in [7, 11) is 0. The number of nitrogens with zero attached hydrogens (tertiary/aromatic N) is 3. The Kier molecular flexibility index (Phi) is 5.71. The molecule has 6 nitrogen and oxygen atoms in total. The molecule has 3 rings (SSSR count). The molecule has 1 aromatic rings. The highest BCUT2D eigenvalue weighted by atomic mass is 16.5. The summed E-state index contributed by atoms with van der Waals surface area (Å²) in [5, 5.41) is 0. The number of hydrogen-bond acceptors (Lipinski definition) is 4. The predicted molar refractivity (Wildman–Crippen MR) is 95.0 cm³/mol. The van der Waals surface area contributed by atoms with Crippen LogP contribution in [0.4, 0.5) is 0 Å². The lowest BCUT2D eigenvalue weighted by Gasteiger charge is -2.40. The van der Waals surface area contributed by atoms with Crippen LogP contribution < -0.4 is 0 Å². The molecule has 2 aliphatic rings. The van der Waals surface area contributed by atoms with E-state index in [1.807, 2.05) is 4.90 Å². The van der Waals surface area contributed by atoms with E-state index in [1.165, 1.54) is 18.1 Å². The Morgan fingerprint density at radius 2 is 1.84 bits per heavy atom. The third-order valence-corrected chi connectivity index (χ3v) is 5.16. The van der Waals surface area contributed by atoms with Crippen molar-refractivity contribution >= 4 is 11.8 Å². The first-order chi connectivity index (χ1) is 12.1. The van der Waals surface area contributed by atoms with E-state index < -0.39 is 6.04 Å². The lowest BCUT2D eigenvalue weighted by molar-refractivity contribution is -0.154. The van der Waals surface area contributed by atoms with Crippen molar-refractivity contribution in [2.75, 3.05) is 45.9 Å². The summed E-state index contributed by atoms with van der Waals surface area (Å²) in [5.74, 6) is -0.0368. The molecule has 0 N–H and O–H groups in total. The van der Waals surface area contributed by atoms with Gasteiger partial charge in [-0.05, 0) is 18.1 Å². The van der Waals surface area contributed by atoms with E-state index in [1.54, 1.807) is 4.90 Å². The smallest absolute Gasteiger partial charge is 0.247 e. The van der Waals surface area contributed by atoms with Crippen LogP contribution in [0.5, 0.6) is 0 Å². The first-order valence-electron chi connectivity index (χ1n) is 8.97. The minimum Gasteiger partial charge on any atom is -0.377 e. The van der Waals surface area contributed by atoms with Crippen molar-refractivity contribution in [3.8, 4) is 0 Å². The lowest BCUT2D eigenvalue weighted by Crippen LogP contribution is -2.59. The van der Waals surface area contributed by atoms with Crippen LogP contribution in [0, 0.1) is 6.92 Å². The van der Waals surface area contributed by atoms with Crippen LogP contribution in [-0.4, -0.2) is 78.5 Å². The molecule has 25 heavy (non-hydrogen) atoms. The summed E-state index contributed by atoms with van der Waals surface area (Å²) in [5.41, 5.74) is 2.64. The number of ether oxygens (including phenoxy) is 1. The molecule has 136 valence electrons. The minimum atomic E-state index is -0.464. The van der Waals surface area contributed by atoms with Gasteiger partial charge in [0, 0.05) is 46.2 Å². The van der Waals surface area contributed by atoms with Crippen LogP contribution in [0.3, 0.4) is 0 Å². The van der Waals surface area contributed by atoms with Crippen molar-refractivity contribution < 1.29 is 14.3 Å². The zero-order valence-corrected chi connectivity index (χ0v) is 15.1. The molecule has 1 atom stereocenters. The monoisotopic (exact) mass is 345 g/mol. The Bertz CT molecular complexity index is 626. The van der Waals surface area contributed by atoms with Gasteiger partial charge in [0.2, 0.25) is 11.8 Å². The van der Waals surface area contributed by atoms with Crippen molar-refractivity contribution in [2.24, 2.45) is 0 Å². The van der Waals surface area contributed by atoms with Crippen LogP contribution in [0.25, 0.3) is 0 Å². The molecule has 0 saturated carbocycles. The lowest BCUT2D eigenvalue weighted by atomic mass is 10.1. The van der Waals surface area contributed by atoms with Gasteiger partial charge >= 0.3 is 0 Å². The minimum absolute atomic E-state index is 0.0189. The number of aryl methyl sites for hydroxylation is 1. The Balaban J connectivity index is 1.55. The molecule has 2 heterocycles. The Labute approximate surface area is 149 Å². The van der Waals surface area contributed by atoms with Crippen LogP contribution in [0.2, 0.25) is 0 Å². The molecule has 1 aromatic carbocycles.